The Kier molecular flexibility index (Phi) is 8.42. The Morgan fingerprint density at radius 3 is 0.927 bits per heavy atom. The van der Waals surface area contributed by atoms with Gasteiger partial charge in [-0.05, 0) is 22.3 Å². The minimum Gasteiger partial charge on any atom is -0.243 e. The summed E-state index contributed by atoms with van der Waals surface area (Å²) in [5.41, 5.74) is -2.97. The summed E-state index contributed by atoms with van der Waals surface area (Å²) in [6.07, 6.45) is 0. The number of hydrogen-bond donors (Lipinski definition) is 0. The normalized spacial score (nSPS) is 11.8. The monoisotopic (exact) mass is 610 g/mol. The molecule has 0 heterocycles. The third-order valence-electron chi connectivity index (χ3n) is 5.64. The van der Waals surface area contributed by atoms with Crippen molar-refractivity contribution in [1.29, 1.82) is 0 Å². The van der Waals surface area contributed by atoms with E-state index in [1.165, 1.54) is 0 Å². The van der Waals surface area contributed by atoms with Gasteiger partial charge in [-0.15, -0.1) is 0 Å². The van der Waals surface area contributed by atoms with Gasteiger partial charge in [0.1, 0.15) is 0 Å². The molecule has 0 bridgehead atoms. The van der Waals surface area contributed by atoms with E-state index in [1.54, 1.807) is 0 Å². The van der Waals surface area contributed by atoms with Gasteiger partial charge < -0.3 is 0 Å². The van der Waals surface area contributed by atoms with Crippen LogP contribution in [0.25, 0.3) is 22.3 Å². The first-order valence-corrected chi connectivity index (χ1v) is 12.3. The highest BCUT2D eigenvalue weighted by atomic mass is 32.3. The van der Waals surface area contributed by atoms with E-state index in [0.717, 1.165) is 48.5 Å². The molecule has 4 aromatic rings. The van der Waals surface area contributed by atoms with Gasteiger partial charge in [0.2, 0.25) is 11.6 Å². The second kappa shape index (κ2) is 11.5. The maximum Gasteiger partial charge on any atom is 0.400 e. The van der Waals surface area contributed by atoms with Crippen LogP contribution in [0.4, 0.5) is 43.9 Å². The summed E-state index contributed by atoms with van der Waals surface area (Å²) in [7, 11) is -4.68. The molecule has 0 saturated carbocycles. The van der Waals surface area contributed by atoms with Crippen LogP contribution in [0.1, 0.15) is 11.1 Å². The van der Waals surface area contributed by atoms with Crippen LogP contribution < -0.4 is 0 Å². The van der Waals surface area contributed by atoms with Gasteiger partial charge in [-0.25, -0.2) is 52.3 Å². The fourth-order valence-electron chi connectivity index (χ4n) is 3.57. The van der Waals surface area contributed by atoms with Gasteiger partial charge in [0, 0.05) is 0 Å². The molecule has 41 heavy (non-hydrogen) atoms. The van der Waals surface area contributed by atoms with Crippen LogP contribution in [0.3, 0.4) is 0 Å². The highest BCUT2D eigenvalue weighted by Gasteiger charge is 2.28. The number of halogens is 10. The van der Waals surface area contributed by atoms with Crippen molar-refractivity contribution in [2.45, 2.75) is 13.2 Å². The van der Waals surface area contributed by atoms with Crippen LogP contribution in [-0.4, -0.2) is 8.42 Å². The van der Waals surface area contributed by atoms with E-state index in [-0.39, 0.29) is 11.1 Å². The molecule has 0 fully saturated rings. The molecule has 0 aliphatic carbocycles. The summed E-state index contributed by atoms with van der Waals surface area (Å²) in [4.78, 5) is 0. The van der Waals surface area contributed by atoms with Gasteiger partial charge in [0.15, 0.2) is 46.5 Å². The smallest absolute Gasteiger partial charge is 0.243 e. The number of rotatable bonds is 8. The van der Waals surface area contributed by atoms with E-state index < -0.39 is 104 Å². The summed E-state index contributed by atoms with van der Waals surface area (Å²) in [6, 6.07) is 8.27. The van der Waals surface area contributed by atoms with E-state index >= 15 is 0 Å². The van der Waals surface area contributed by atoms with Gasteiger partial charge in [0.25, 0.3) is 0 Å². The van der Waals surface area contributed by atoms with Crippen molar-refractivity contribution >= 4 is 10.4 Å². The molecule has 0 aliphatic heterocycles. The predicted molar refractivity (Wildman–Crippen MR) is 122 cm³/mol. The molecule has 0 amide bonds. The first-order valence-electron chi connectivity index (χ1n) is 11.0. The van der Waals surface area contributed by atoms with Crippen molar-refractivity contribution in [3.8, 4) is 22.3 Å². The average molecular weight is 610 g/mol. The number of benzene rings is 4. The largest absolute Gasteiger partial charge is 0.400 e. The van der Waals surface area contributed by atoms with Crippen LogP contribution in [0.15, 0.2) is 48.5 Å². The predicted octanol–water partition coefficient (Wildman–Crippen LogP) is 7.39. The molecular formula is C26H12F10O4S. The van der Waals surface area contributed by atoms with Crippen LogP contribution in [0, 0.1) is 58.2 Å². The van der Waals surface area contributed by atoms with Crippen LogP contribution in [0.5, 0.6) is 0 Å². The van der Waals surface area contributed by atoms with Crippen molar-refractivity contribution in [2.24, 2.45) is 0 Å². The third-order valence-corrected chi connectivity index (χ3v) is 6.46. The van der Waals surface area contributed by atoms with E-state index in [2.05, 4.69) is 8.37 Å². The quantitative estimate of drug-likeness (QED) is 0.119. The minimum atomic E-state index is -4.68. The molecular weight excluding hydrogens is 598 g/mol. The molecule has 0 saturated heterocycles. The van der Waals surface area contributed by atoms with E-state index in [0.29, 0.717) is 0 Å². The second-order valence-electron chi connectivity index (χ2n) is 8.22. The zero-order valence-electron chi connectivity index (χ0n) is 19.9. The van der Waals surface area contributed by atoms with Gasteiger partial charge in [-0.1, -0.05) is 48.5 Å². The Balaban J connectivity index is 1.40. The van der Waals surface area contributed by atoms with Gasteiger partial charge in [-0.3, -0.25) is 0 Å². The van der Waals surface area contributed by atoms with Crippen LogP contribution in [-0.2, 0) is 32.0 Å². The fraction of sp³-hybridized carbons (Fsp3) is 0.0769. The van der Waals surface area contributed by atoms with Crippen LogP contribution in [0.2, 0.25) is 0 Å². The SMILES string of the molecule is O=S(=O)(OCc1ccc(-c2c(F)c(F)c(F)c(F)c2F)cc1)OCc1ccc(-c2c(F)c(F)c(F)c(F)c2F)cc1. The molecule has 0 spiro atoms. The maximum absolute atomic E-state index is 14.0. The summed E-state index contributed by atoms with van der Waals surface area (Å²) in [6.45, 7) is -1.34. The lowest BCUT2D eigenvalue weighted by molar-refractivity contribution is 0.202. The lowest BCUT2D eigenvalue weighted by atomic mass is 10.0. The van der Waals surface area contributed by atoms with E-state index in [1.807, 2.05) is 0 Å². The van der Waals surface area contributed by atoms with Gasteiger partial charge >= 0.3 is 10.4 Å². The molecule has 0 unspecified atom stereocenters. The standard InChI is InChI=1S/C26H12F10O4S/c27-17-15(18(28)22(32)25(35)21(17)31)13-5-1-11(2-6-13)9-39-41(37,38)40-10-12-3-7-14(8-4-12)16-19(29)23(33)26(36)24(34)20(16)30/h1-8H,9-10H2. The maximum atomic E-state index is 14.0. The zero-order chi connectivity index (χ0) is 30.2. The summed E-state index contributed by atoms with van der Waals surface area (Å²) < 4.78 is 170. The van der Waals surface area contributed by atoms with Crippen LogP contribution >= 0.6 is 0 Å². The van der Waals surface area contributed by atoms with Gasteiger partial charge in [0.05, 0.1) is 24.3 Å². The zero-order valence-corrected chi connectivity index (χ0v) is 20.7. The minimum absolute atomic E-state index is 0.0944. The molecule has 4 nitrogen and oxygen atoms in total. The molecule has 216 valence electrons. The Bertz CT molecular complexity index is 1560. The first kappa shape index (κ1) is 30.0. The molecule has 0 aliphatic rings. The van der Waals surface area contributed by atoms with Crippen molar-refractivity contribution in [3.05, 3.63) is 118 Å². The van der Waals surface area contributed by atoms with E-state index in [9.17, 15) is 52.3 Å². The lowest BCUT2D eigenvalue weighted by Gasteiger charge is -2.10. The molecule has 0 atom stereocenters. The lowest BCUT2D eigenvalue weighted by Crippen LogP contribution is -2.10. The van der Waals surface area contributed by atoms with Crippen molar-refractivity contribution in [2.75, 3.05) is 0 Å². The first-order chi connectivity index (χ1) is 19.2. The third kappa shape index (κ3) is 5.92. The average Bonchev–Trinajstić information content (AvgIpc) is 2.96. The molecule has 0 N–H and O–H groups in total. The summed E-state index contributed by atoms with van der Waals surface area (Å²) in [5.74, 6) is -21.4. The summed E-state index contributed by atoms with van der Waals surface area (Å²) >= 11 is 0. The molecule has 0 aromatic heterocycles. The molecule has 4 rings (SSSR count). The van der Waals surface area contributed by atoms with Crippen molar-refractivity contribution in [3.63, 3.8) is 0 Å². The Labute approximate surface area is 224 Å². The highest BCUT2D eigenvalue weighted by Crippen LogP contribution is 2.33. The van der Waals surface area contributed by atoms with Crippen molar-refractivity contribution in [1.82, 2.24) is 0 Å². The van der Waals surface area contributed by atoms with E-state index in [4.69, 9.17) is 0 Å². The van der Waals surface area contributed by atoms with Crippen molar-refractivity contribution < 1.29 is 60.7 Å². The summed E-state index contributed by atoms with van der Waals surface area (Å²) in [5, 5.41) is 0. The molecule has 15 heteroatoms. The Morgan fingerprint density at radius 1 is 0.415 bits per heavy atom. The fourth-order valence-corrected chi connectivity index (χ4v) is 4.20. The Morgan fingerprint density at radius 2 is 0.659 bits per heavy atom. The topological polar surface area (TPSA) is 52.6 Å². The Hall–Kier alpha value is -3.95. The highest BCUT2D eigenvalue weighted by molar-refractivity contribution is 7.81. The molecule has 0 radical (unpaired) electrons. The molecule has 4 aromatic carbocycles. The second-order valence-corrected chi connectivity index (χ2v) is 9.50. The number of hydrogen-bond acceptors (Lipinski definition) is 4. The van der Waals surface area contributed by atoms with Gasteiger partial charge in [-0.2, -0.15) is 8.42 Å².